The van der Waals surface area contributed by atoms with E-state index in [1.807, 2.05) is 48.5 Å². The third-order valence-electron chi connectivity index (χ3n) is 6.25. The van der Waals surface area contributed by atoms with Crippen molar-refractivity contribution in [3.63, 3.8) is 0 Å². The van der Waals surface area contributed by atoms with E-state index in [0.717, 1.165) is 26.5 Å². The number of carboxylic acid groups (broad SMARTS) is 1. The van der Waals surface area contributed by atoms with Gasteiger partial charge >= 0.3 is 5.97 Å². The number of carboxylic acids is 1. The summed E-state index contributed by atoms with van der Waals surface area (Å²) in [7, 11) is 0. The number of benzene rings is 2. The number of H-pyrrole nitrogens is 1. The summed E-state index contributed by atoms with van der Waals surface area (Å²) in [6, 6.07) is 14.3. The largest absolute Gasteiger partial charge is 0.480 e. The minimum Gasteiger partial charge on any atom is -0.480 e. The number of rotatable bonds is 4. The van der Waals surface area contributed by atoms with E-state index in [1.165, 1.54) is 0 Å². The molecule has 3 aromatic rings. The summed E-state index contributed by atoms with van der Waals surface area (Å²) in [5.74, 6) is -3.93. The van der Waals surface area contributed by atoms with Crippen LogP contribution in [0.4, 0.5) is 0 Å². The zero-order valence-electron chi connectivity index (χ0n) is 15.7. The van der Waals surface area contributed by atoms with E-state index in [2.05, 4.69) is 31.5 Å². The van der Waals surface area contributed by atoms with Crippen molar-refractivity contribution < 1.29 is 19.5 Å². The average molecular weight is 468 g/mol. The van der Waals surface area contributed by atoms with Gasteiger partial charge in [0.1, 0.15) is 5.54 Å². The Labute approximate surface area is 180 Å². The van der Waals surface area contributed by atoms with E-state index in [1.54, 1.807) is 6.20 Å². The molecule has 0 bridgehead atoms. The maximum Gasteiger partial charge on any atom is 0.325 e. The molecule has 4 atom stereocenters. The number of carbonyl (C=O) groups excluding carboxylic acids is 2. The number of para-hydroxylation sites is 1. The number of aromatic amines is 1. The van der Waals surface area contributed by atoms with Crippen LogP contribution in [0.2, 0.25) is 0 Å². The van der Waals surface area contributed by atoms with Crippen LogP contribution in [0.15, 0.2) is 59.2 Å². The van der Waals surface area contributed by atoms with Gasteiger partial charge in [-0.3, -0.25) is 25.0 Å². The van der Waals surface area contributed by atoms with Gasteiger partial charge in [-0.1, -0.05) is 46.3 Å². The molecule has 2 amide bonds. The van der Waals surface area contributed by atoms with Gasteiger partial charge in [0.05, 0.1) is 11.8 Å². The molecular weight excluding hydrogens is 450 g/mol. The lowest BCUT2D eigenvalue weighted by atomic mass is 9.76. The van der Waals surface area contributed by atoms with Gasteiger partial charge in [0.25, 0.3) is 0 Å². The third kappa shape index (κ3) is 2.71. The Bertz CT molecular complexity index is 1190. The average Bonchev–Trinajstić information content (AvgIpc) is 3.37. The van der Waals surface area contributed by atoms with Gasteiger partial charge < -0.3 is 10.1 Å². The number of nitrogens with one attached hydrogen (secondary N) is 3. The molecule has 3 heterocycles. The number of hydrogen-bond acceptors (Lipinski definition) is 4. The molecule has 2 saturated heterocycles. The van der Waals surface area contributed by atoms with Gasteiger partial charge in [-0.2, -0.15) is 0 Å². The molecule has 0 spiro atoms. The van der Waals surface area contributed by atoms with Crippen molar-refractivity contribution in [2.75, 3.05) is 0 Å². The van der Waals surface area contributed by atoms with Gasteiger partial charge in [-0.15, -0.1) is 0 Å². The van der Waals surface area contributed by atoms with Gasteiger partial charge in [0.2, 0.25) is 11.8 Å². The number of amides is 2. The van der Waals surface area contributed by atoms with Crippen LogP contribution < -0.4 is 10.6 Å². The smallest absolute Gasteiger partial charge is 0.325 e. The van der Waals surface area contributed by atoms with Crippen LogP contribution in [0.3, 0.4) is 0 Å². The first-order valence-corrected chi connectivity index (χ1v) is 10.4. The molecule has 0 aliphatic carbocycles. The van der Waals surface area contributed by atoms with E-state index < -0.39 is 41.2 Å². The first-order chi connectivity index (χ1) is 14.4. The molecule has 8 heteroatoms. The van der Waals surface area contributed by atoms with Crippen molar-refractivity contribution in [3.05, 3.63) is 70.3 Å². The van der Waals surface area contributed by atoms with E-state index >= 15 is 0 Å². The molecule has 4 unspecified atom stereocenters. The summed E-state index contributed by atoms with van der Waals surface area (Å²) in [5, 5.41) is 16.8. The molecular formula is C22H18BrN3O4. The quantitative estimate of drug-likeness (QED) is 0.440. The van der Waals surface area contributed by atoms with Crippen LogP contribution >= 0.6 is 15.9 Å². The standard InChI is InChI=1S/C22H18BrN3O4/c23-13-7-5-11(6-8-13)18-16-17(20(28)25-19(16)27)22(26-18,21(29)30)9-12-10-24-15-4-2-1-3-14(12)15/h1-8,10,16-18,24,26H,9H2,(H,29,30)(H,25,27,28). The normalized spacial score (nSPS) is 28.0. The molecule has 2 aromatic carbocycles. The van der Waals surface area contributed by atoms with Gasteiger partial charge in [0, 0.05) is 34.0 Å². The van der Waals surface area contributed by atoms with Crippen molar-refractivity contribution in [2.24, 2.45) is 11.8 Å². The van der Waals surface area contributed by atoms with Gasteiger partial charge in [-0.05, 0) is 29.3 Å². The molecule has 1 aromatic heterocycles. The van der Waals surface area contributed by atoms with E-state index in [0.29, 0.717) is 0 Å². The molecule has 0 saturated carbocycles. The van der Waals surface area contributed by atoms with Crippen molar-refractivity contribution in [1.82, 2.24) is 15.6 Å². The highest BCUT2D eigenvalue weighted by atomic mass is 79.9. The van der Waals surface area contributed by atoms with Crippen LogP contribution in [0.5, 0.6) is 0 Å². The monoisotopic (exact) mass is 467 g/mol. The Morgan fingerprint density at radius 3 is 2.53 bits per heavy atom. The van der Waals surface area contributed by atoms with E-state index in [-0.39, 0.29) is 6.42 Å². The molecule has 2 aliphatic heterocycles. The highest BCUT2D eigenvalue weighted by Gasteiger charge is 2.66. The Morgan fingerprint density at radius 2 is 1.80 bits per heavy atom. The first kappa shape index (κ1) is 19.0. The van der Waals surface area contributed by atoms with Crippen molar-refractivity contribution in [3.8, 4) is 0 Å². The minimum atomic E-state index is -1.61. The topological polar surface area (TPSA) is 111 Å². The fourth-order valence-corrected chi connectivity index (χ4v) is 5.16. The molecule has 2 fully saturated rings. The first-order valence-electron chi connectivity index (χ1n) is 9.57. The number of halogens is 1. The second kappa shape index (κ2) is 6.78. The Morgan fingerprint density at radius 1 is 1.07 bits per heavy atom. The summed E-state index contributed by atoms with van der Waals surface area (Å²) in [4.78, 5) is 41.2. The summed E-state index contributed by atoms with van der Waals surface area (Å²) in [6.45, 7) is 0. The predicted molar refractivity (Wildman–Crippen MR) is 113 cm³/mol. The number of carbonyl (C=O) groups is 3. The number of imide groups is 1. The maximum atomic E-state index is 12.8. The van der Waals surface area contributed by atoms with Crippen LogP contribution in [0, 0.1) is 11.8 Å². The number of aromatic nitrogens is 1. The molecule has 30 heavy (non-hydrogen) atoms. The fraction of sp³-hybridized carbons (Fsp3) is 0.227. The molecule has 2 aliphatic rings. The summed E-state index contributed by atoms with van der Waals surface area (Å²) in [5.41, 5.74) is 0.825. The molecule has 5 rings (SSSR count). The lowest BCUT2D eigenvalue weighted by Crippen LogP contribution is -2.57. The van der Waals surface area contributed by atoms with Gasteiger partial charge in [0.15, 0.2) is 0 Å². The molecule has 7 nitrogen and oxygen atoms in total. The van der Waals surface area contributed by atoms with Crippen LogP contribution in [0.1, 0.15) is 17.2 Å². The summed E-state index contributed by atoms with van der Waals surface area (Å²) >= 11 is 3.39. The Balaban J connectivity index is 1.63. The molecule has 152 valence electrons. The highest BCUT2D eigenvalue weighted by molar-refractivity contribution is 9.10. The van der Waals surface area contributed by atoms with Crippen LogP contribution in [0.25, 0.3) is 10.9 Å². The SMILES string of the molecule is O=C1NC(=O)C2C1C(c1ccc(Br)cc1)NC2(Cc1c[nH]c2ccccc12)C(=O)O. The lowest BCUT2D eigenvalue weighted by molar-refractivity contribution is -0.149. The zero-order chi connectivity index (χ0) is 21.0. The fourth-order valence-electron chi connectivity index (χ4n) is 4.90. The predicted octanol–water partition coefficient (Wildman–Crippen LogP) is 2.53. The second-order valence-corrected chi connectivity index (χ2v) is 8.76. The van der Waals surface area contributed by atoms with Crippen LogP contribution in [-0.2, 0) is 20.8 Å². The molecule has 4 N–H and O–H groups in total. The van der Waals surface area contributed by atoms with E-state index in [4.69, 9.17) is 0 Å². The van der Waals surface area contributed by atoms with Crippen molar-refractivity contribution >= 4 is 44.6 Å². The minimum absolute atomic E-state index is 0.0707. The summed E-state index contributed by atoms with van der Waals surface area (Å²) in [6.07, 6.45) is 1.84. The summed E-state index contributed by atoms with van der Waals surface area (Å²) < 4.78 is 0.871. The second-order valence-electron chi connectivity index (χ2n) is 7.84. The van der Waals surface area contributed by atoms with E-state index in [9.17, 15) is 19.5 Å². The molecule has 0 radical (unpaired) electrons. The zero-order valence-corrected chi connectivity index (χ0v) is 17.3. The number of hydrogen-bond donors (Lipinski definition) is 4. The number of aliphatic carboxylic acids is 1. The van der Waals surface area contributed by atoms with Crippen molar-refractivity contribution in [2.45, 2.75) is 18.0 Å². The number of fused-ring (bicyclic) bond motifs is 2. The third-order valence-corrected chi connectivity index (χ3v) is 6.78. The maximum absolute atomic E-state index is 12.8. The lowest BCUT2D eigenvalue weighted by Gasteiger charge is -2.29. The Hall–Kier alpha value is -2.97. The Kier molecular flexibility index (Phi) is 4.30. The van der Waals surface area contributed by atoms with Crippen molar-refractivity contribution in [1.29, 1.82) is 0 Å². The van der Waals surface area contributed by atoms with Crippen LogP contribution in [-0.4, -0.2) is 33.4 Å². The van der Waals surface area contributed by atoms with Gasteiger partial charge in [-0.25, -0.2) is 0 Å². The highest BCUT2D eigenvalue weighted by Crippen LogP contribution is 2.48.